The summed E-state index contributed by atoms with van der Waals surface area (Å²) in [5.74, 6) is -0.270. The highest BCUT2D eigenvalue weighted by molar-refractivity contribution is 7.89. The Morgan fingerprint density at radius 3 is 2.70 bits per heavy atom. The quantitative estimate of drug-likeness (QED) is 0.726. The van der Waals surface area contributed by atoms with Gasteiger partial charge >= 0.3 is 0 Å². The molecule has 0 aromatic heterocycles. The minimum absolute atomic E-state index is 0.0973. The summed E-state index contributed by atoms with van der Waals surface area (Å²) in [4.78, 5) is 27.1. The van der Waals surface area contributed by atoms with E-state index in [1.807, 2.05) is 18.2 Å². The molecule has 2 aromatic carbocycles. The number of anilines is 1. The molecule has 0 saturated carbocycles. The van der Waals surface area contributed by atoms with E-state index in [1.54, 1.807) is 6.07 Å². The number of carbonyl (C=O) groups is 2. The van der Waals surface area contributed by atoms with Crippen LogP contribution in [-0.2, 0) is 26.0 Å². The van der Waals surface area contributed by atoms with Crippen molar-refractivity contribution >= 4 is 27.5 Å². The molecule has 2 aromatic rings. The number of benzene rings is 2. The molecule has 0 spiro atoms. The van der Waals surface area contributed by atoms with Crippen molar-refractivity contribution in [2.24, 2.45) is 0 Å². The van der Waals surface area contributed by atoms with Crippen molar-refractivity contribution in [2.75, 3.05) is 31.1 Å². The van der Waals surface area contributed by atoms with Gasteiger partial charge in [-0.25, -0.2) is 8.42 Å². The van der Waals surface area contributed by atoms with Crippen LogP contribution in [0.2, 0.25) is 0 Å². The maximum Gasteiger partial charge on any atom is 0.265 e. The molecular formula is C24H27N3O5S. The van der Waals surface area contributed by atoms with Crippen LogP contribution in [0.4, 0.5) is 5.69 Å². The van der Waals surface area contributed by atoms with Crippen LogP contribution in [0.15, 0.2) is 47.4 Å². The molecule has 1 fully saturated rings. The van der Waals surface area contributed by atoms with Crippen molar-refractivity contribution in [1.29, 1.82) is 0 Å². The molecule has 2 heterocycles. The Hall–Kier alpha value is -2.91. The van der Waals surface area contributed by atoms with E-state index in [2.05, 4.69) is 11.4 Å². The molecule has 1 saturated heterocycles. The highest BCUT2D eigenvalue weighted by atomic mass is 32.2. The number of nitrogens with one attached hydrogen (secondary N) is 1. The number of rotatable bonds is 5. The number of hydrogen-bond donors (Lipinski definition) is 1. The summed E-state index contributed by atoms with van der Waals surface area (Å²) in [5, 5.41) is 3.06. The Labute approximate surface area is 193 Å². The van der Waals surface area contributed by atoms with Crippen LogP contribution < -0.4 is 15.0 Å². The normalized spacial score (nSPS) is 20.7. The predicted octanol–water partition coefficient (Wildman–Crippen LogP) is 2.39. The second-order valence-electron chi connectivity index (χ2n) is 8.72. The van der Waals surface area contributed by atoms with Gasteiger partial charge in [0, 0.05) is 13.1 Å². The molecule has 2 amide bonds. The van der Waals surface area contributed by atoms with Gasteiger partial charge in [-0.05, 0) is 61.4 Å². The van der Waals surface area contributed by atoms with Gasteiger partial charge in [0.15, 0.2) is 6.61 Å². The van der Waals surface area contributed by atoms with Crippen molar-refractivity contribution < 1.29 is 22.7 Å². The van der Waals surface area contributed by atoms with E-state index >= 15 is 0 Å². The van der Waals surface area contributed by atoms with Crippen LogP contribution in [0.5, 0.6) is 5.75 Å². The maximum atomic E-state index is 13.0. The lowest BCUT2D eigenvalue weighted by molar-refractivity contribution is -0.125. The molecule has 1 aliphatic carbocycles. The third-order valence-electron chi connectivity index (χ3n) is 6.58. The minimum Gasteiger partial charge on any atom is -0.482 e. The van der Waals surface area contributed by atoms with E-state index in [0.717, 1.165) is 37.7 Å². The first-order valence-corrected chi connectivity index (χ1v) is 12.8. The zero-order valence-corrected chi connectivity index (χ0v) is 19.1. The summed E-state index contributed by atoms with van der Waals surface area (Å²) >= 11 is 0. The third kappa shape index (κ3) is 4.22. The zero-order chi connectivity index (χ0) is 23.0. The first-order chi connectivity index (χ1) is 15.9. The number of aryl methyl sites for hydroxylation is 1. The van der Waals surface area contributed by atoms with Crippen LogP contribution in [0.25, 0.3) is 0 Å². The maximum absolute atomic E-state index is 13.0. The standard InChI is InChI=1S/C24H27N3O5S/c28-23(25-20-9-5-7-17-6-1-2-8-19(17)20)15-27-21-14-18(10-11-22(21)32-16-24(27)29)33(30,31)26-12-3-4-13-26/h1-2,6,8,10-11,14,20H,3-5,7,9,12-13,15-16H2,(H,25,28)/t20-/m0/s1. The molecule has 1 N–H and O–H groups in total. The third-order valence-corrected chi connectivity index (χ3v) is 8.48. The molecule has 0 radical (unpaired) electrons. The van der Waals surface area contributed by atoms with Gasteiger partial charge in [0.1, 0.15) is 12.3 Å². The highest BCUT2D eigenvalue weighted by Crippen LogP contribution is 2.36. The Morgan fingerprint density at radius 2 is 1.88 bits per heavy atom. The Morgan fingerprint density at radius 1 is 1.09 bits per heavy atom. The first kappa shape index (κ1) is 21.9. The number of ether oxygens (including phenoxy) is 1. The molecule has 174 valence electrons. The summed E-state index contributed by atoms with van der Waals surface area (Å²) in [6, 6.07) is 12.5. The lowest BCUT2D eigenvalue weighted by Gasteiger charge is -2.31. The average Bonchev–Trinajstić information content (AvgIpc) is 3.37. The smallest absolute Gasteiger partial charge is 0.265 e. The fourth-order valence-electron chi connectivity index (χ4n) is 4.88. The molecule has 2 aliphatic heterocycles. The van der Waals surface area contributed by atoms with Gasteiger partial charge in [-0.15, -0.1) is 0 Å². The van der Waals surface area contributed by atoms with E-state index in [9.17, 15) is 18.0 Å². The number of amides is 2. The summed E-state index contributed by atoms with van der Waals surface area (Å²) in [5.41, 5.74) is 2.66. The summed E-state index contributed by atoms with van der Waals surface area (Å²) in [7, 11) is -3.66. The van der Waals surface area contributed by atoms with E-state index in [0.29, 0.717) is 24.5 Å². The summed E-state index contributed by atoms with van der Waals surface area (Å²) in [6.07, 6.45) is 4.49. The zero-order valence-electron chi connectivity index (χ0n) is 18.3. The monoisotopic (exact) mass is 469 g/mol. The van der Waals surface area contributed by atoms with Gasteiger partial charge in [0.25, 0.3) is 5.91 Å². The van der Waals surface area contributed by atoms with E-state index in [-0.39, 0.29) is 35.9 Å². The van der Waals surface area contributed by atoms with Crippen LogP contribution in [0.1, 0.15) is 42.9 Å². The molecule has 1 atom stereocenters. The first-order valence-electron chi connectivity index (χ1n) is 11.4. The van der Waals surface area contributed by atoms with Gasteiger partial charge in [0.2, 0.25) is 15.9 Å². The second-order valence-corrected chi connectivity index (χ2v) is 10.7. The Kier molecular flexibility index (Phi) is 5.84. The molecule has 9 heteroatoms. The van der Waals surface area contributed by atoms with Crippen molar-refractivity contribution in [2.45, 2.75) is 43.0 Å². The number of fused-ring (bicyclic) bond motifs is 2. The van der Waals surface area contributed by atoms with Crippen LogP contribution in [-0.4, -0.2) is 50.8 Å². The molecule has 0 unspecified atom stereocenters. The number of sulfonamides is 1. The Balaban J connectivity index is 1.37. The van der Waals surface area contributed by atoms with Gasteiger partial charge in [-0.2, -0.15) is 4.31 Å². The molecule has 0 bridgehead atoms. The van der Waals surface area contributed by atoms with Gasteiger partial charge < -0.3 is 10.1 Å². The summed E-state index contributed by atoms with van der Waals surface area (Å²) in [6.45, 7) is 0.597. The largest absolute Gasteiger partial charge is 0.482 e. The fraction of sp³-hybridized carbons (Fsp3) is 0.417. The highest BCUT2D eigenvalue weighted by Gasteiger charge is 2.33. The van der Waals surface area contributed by atoms with Crippen molar-refractivity contribution in [3.63, 3.8) is 0 Å². The number of nitrogens with zero attached hydrogens (tertiary/aromatic N) is 2. The lowest BCUT2D eigenvalue weighted by Crippen LogP contribution is -2.46. The SMILES string of the molecule is O=C(CN1C(=O)COc2ccc(S(=O)(=O)N3CCCC3)cc21)N[C@H]1CCCc2ccccc21. The van der Waals surface area contributed by atoms with Gasteiger partial charge in [0.05, 0.1) is 16.6 Å². The van der Waals surface area contributed by atoms with Crippen molar-refractivity contribution in [1.82, 2.24) is 9.62 Å². The average molecular weight is 470 g/mol. The topological polar surface area (TPSA) is 96.0 Å². The summed E-state index contributed by atoms with van der Waals surface area (Å²) < 4.78 is 33.0. The molecule has 3 aliphatic rings. The van der Waals surface area contributed by atoms with E-state index in [1.165, 1.54) is 26.9 Å². The number of hydrogen-bond acceptors (Lipinski definition) is 5. The lowest BCUT2D eigenvalue weighted by atomic mass is 9.88. The fourth-order valence-corrected chi connectivity index (χ4v) is 6.42. The minimum atomic E-state index is -3.66. The predicted molar refractivity (Wildman–Crippen MR) is 123 cm³/mol. The second kappa shape index (κ2) is 8.79. The van der Waals surface area contributed by atoms with Crippen LogP contribution in [0.3, 0.4) is 0 Å². The van der Waals surface area contributed by atoms with Gasteiger partial charge in [-0.1, -0.05) is 24.3 Å². The molecular weight excluding hydrogens is 442 g/mol. The van der Waals surface area contributed by atoms with E-state index < -0.39 is 10.0 Å². The van der Waals surface area contributed by atoms with Crippen LogP contribution in [0, 0.1) is 0 Å². The molecule has 5 rings (SSSR count). The Bertz CT molecular complexity index is 1190. The van der Waals surface area contributed by atoms with Gasteiger partial charge in [-0.3, -0.25) is 14.5 Å². The molecule has 33 heavy (non-hydrogen) atoms. The van der Waals surface area contributed by atoms with Crippen molar-refractivity contribution in [3.8, 4) is 5.75 Å². The van der Waals surface area contributed by atoms with E-state index in [4.69, 9.17) is 4.74 Å². The van der Waals surface area contributed by atoms with Crippen molar-refractivity contribution in [3.05, 3.63) is 53.6 Å². The molecule has 8 nitrogen and oxygen atoms in total. The van der Waals surface area contributed by atoms with Crippen LogP contribution >= 0.6 is 0 Å². The number of carbonyl (C=O) groups excluding carboxylic acids is 2.